The van der Waals surface area contributed by atoms with Crippen molar-refractivity contribution in [3.63, 3.8) is 0 Å². The summed E-state index contributed by atoms with van der Waals surface area (Å²) in [7, 11) is -8.43. The van der Waals surface area contributed by atoms with Crippen molar-refractivity contribution in [2.24, 2.45) is 0 Å². The molecule has 4 rings (SSSR count). The Hall–Kier alpha value is -3.24. The summed E-state index contributed by atoms with van der Waals surface area (Å²) in [6.07, 6.45) is 36.5. The molecule has 3 aromatic rings. The number of hydrogen-bond acceptors (Lipinski definition) is 8. The zero-order valence-corrected chi connectivity index (χ0v) is 41.3. The van der Waals surface area contributed by atoms with Gasteiger partial charge in [-0.1, -0.05) is 231 Å². The van der Waals surface area contributed by atoms with Gasteiger partial charge in [0.25, 0.3) is 0 Å². The molecule has 0 saturated carbocycles. The van der Waals surface area contributed by atoms with Crippen LogP contribution in [0.2, 0.25) is 0 Å². The van der Waals surface area contributed by atoms with Crippen molar-refractivity contribution in [2.45, 2.75) is 229 Å². The van der Waals surface area contributed by atoms with E-state index in [-0.39, 0.29) is 33.4 Å². The molecule has 0 atom stereocenters. The number of phenolic OH excluding ortho intramolecular Hbond substituents is 2. The van der Waals surface area contributed by atoms with Crippen molar-refractivity contribution in [1.82, 2.24) is 0 Å². The third-order valence-electron chi connectivity index (χ3n) is 13.4. The maximum atomic E-state index is 14.1. The van der Waals surface area contributed by atoms with Crippen molar-refractivity contribution >= 4 is 42.0 Å². The molecule has 2 N–H and O–H groups in total. The average molecular weight is 923 g/mol. The number of carbonyl (C=O) groups excluding carboxylic acids is 2. The Bertz CT molecular complexity index is 1970. The molecule has 358 valence electrons. The summed E-state index contributed by atoms with van der Waals surface area (Å²) in [6.45, 7) is 4.49. The molecule has 0 fully saturated rings. The maximum Gasteiger partial charge on any atom is 0.198 e. The standard InChI is InChI=1S/C54H82O8S2/c1-3-5-7-9-11-13-15-17-19-21-23-25-27-29-31-35-39-63(59,60)47-41-45-46(54(58)50-49(53(45)57)51(55)43-37-33-34-38-44(43)52(50)56)42-48(47)64(61,62)40-36-32-30-28-26-24-22-20-18-16-14-12-10-8-6-4-2/h33-34,37-38,41-42,55-56H,3-32,35-36,39-40H2,1-2H3. The minimum Gasteiger partial charge on any atom is -0.506 e. The van der Waals surface area contributed by atoms with Crippen LogP contribution in [0, 0.1) is 0 Å². The van der Waals surface area contributed by atoms with E-state index in [0.717, 1.165) is 50.7 Å². The lowest BCUT2D eigenvalue weighted by molar-refractivity contribution is 0.0974. The predicted molar refractivity (Wildman–Crippen MR) is 264 cm³/mol. The lowest BCUT2D eigenvalue weighted by Gasteiger charge is -2.23. The Labute approximate surface area is 387 Å². The van der Waals surface area contributed by atoms with Crippen LogP contribution in [0.25, 0.3) is 10.8 Å². The topological polar surface area (TPSA) is 143 Å². The number of phenols is 2. The molecule has 0 radical (unpaired) electrons. The predicted octanol–water partition coefficient (Wildman–Crippen LogP) is 15.1. The molecule has 0 saturated heterocycles. The van der Waals surface area contributed by atoms with Crippen LogP contribution in [0.5, 0.6) is 11.5 Å². The summed E-state index contributed by atoms with van der Waals surface area (Å²) in [4.78, 5) is 27.2. The third-order valence-corrected chi connectivity index (χ3v) is 17.2. The highest BCUT2D eigenvalue weighted by molar-refractivity contribution is 7.94. The van der Waals surface area contributed by atoms with Gasteiger partial charge in [-0.25, -0.2) is 16.8 Å². The van der Waals surface area contributed by atoms with E-state index in [2.05, 4.69) is 13.8 Å². The van der Waals surface area contributed by atoms with Crippen molar-refractivity contribution in [3.05, 3.63) is 58.7 Å². The first-order valence-corrected chi connectivity index (χ1v) is 29.0. The van der Waals surface area contributed by atoms with Crippen LogP contribution in [0.3, 0.4) is 0 Å². The van der Waals surface area contributed by atoms with Gasteiger partial charge >= 0.3 is 0 Å². The Kier molecular flexibility index (Phi) is 24.0. The number of hydrogen-bond donors (Lipinski definition) is 2. The van der Waals surface area contributed by atoms with Gasteiger partial charge < -0.3 is 10.2 Å². The molecule has 0 spiro atoms. The fraction of sp³-hybridized carbons (Fsp3) is 0.667. The third kappa shape index (κ3) is 16.3. The second-order valence-electron chi connectivity index (χ2n) is 18.7. The molecule has 0 bridgehead atoms. The SMILES string of the molecule is CCCCCCCCCCCCCCCCCCS(=O)(=O)c1cc2c(cc1S(=O)(=O)CCCCCCCCCCCCCCCCCC)C(=O)c1c(c(O)c3ccccc3c1O)C2=O. The molecule has 0 unspecified atom stereocenters. The summed E-state index contributed by atoms with van der Waals surface area (Å²) in [5, 5.41) is 22.8. The van der Waals surface area contributed by atoms with Crippen LogP contribution < -0.4 is 0 Å². The summed E-state index contributed by atoms with van der Waals surface area (Å²) in [6, 6.07) is 8.34. The Morgan fingerprint density at radius 1 is 0.375 bits per heavy atom. The summed E-state index contributed by atoms with van der Waals surface area (Å²) in [5.41, 5.74) is -1.43. The minimum absolute atomic E-state index is 0.165. The van der Waals surface area contributed by atoms with E-state index in [4.69, 9.17) is 0 Å². The lowest BCUT2D eigenvalue weighted by atomic mass is 9.81. The number of benzene rings is 3. The number of rotatable bonds is 36. The van der Waals surface area contributed by atoms with E-state index in [1.807, 2.05) is 0 Å². The average Bonchev–Trinajstić information content (AvgIpc) is 3.28. The van der Waals surface area contributed by atoms with Gasteiger partial charge in [0, 0.05) is 21.9 Å². The van der Waals surface area contributed by atoms with Gasteiger partial charge in [0.05, 0.1) is 32.4 Å². The molecule has 0 aliphatic heterocycles. The van der Waals surface area contributed by atoms with Crippen molar-refractivity contribution < 1.29 is 36.6 Å². The molecule has 0 amide bonds. The number of carbonyl (C=O) groups is 2. The van der Waals surface area contributed by atoms with Gasteiger partial charge in [0.15, 0.2) is 31.2 Å². The fourth-order valence-corrected chi connectivity index (χ4v) is 13.1. The van der Waals surface area contributed by atoms with E-state index in [1.54, 1.807) is 12.1 Å². The first-order chi connectivity index (χ1) is 31.0. The number of ketones is 2. The van der Waals surface area contributed by atoms with Gasteiger partial charge in [-0.05, 0) is 25.0 Å². The lowest BCUT2D eigenvalue weighted by Crippen LogP contribution is -2.24. The molecule has 3 aromatic carbocycles. The van der Waals surface area contributed by atoms with Crippen LogP contribution >= 0.6 is 0 Å². The molecule has 0 aromatic heterocycles. The fourth-order valence-electron chi connectivity index (χ4n) is 9.44. The molecular weight excluding hydrogens is 841 g/mol. The summed E-state index contributed by atoms with van der Waals surface area (Å²) < 4.78 is 56.5. The van der Waals surface area contributed by atoms with Crippen LogP contribution in [-0.4, -0.2) is 50.1 Å². The van der Waals surface area contributed by atoms with Gasteiger partial charge in [-0.3, -0.25) is 9.59 Å². The Morgan fingerprint density at radius 2 is 0.609 bits per heavy atom. The van der Waals surface area contributed by atoms with Crippen molar-refractivity contribution in [2.75, 3.05) is 11.5 Å². The Balaban J connectivity index is 1.35. The normalized spacial score (nSPS) is 12.9. The van der Waals surface area contributed by atoms with E-state index in [9.17, 15) is 36.6 Å². The van der Waals surface area contributed by atoms with Crippen molar-refractivity contribution in [3.8, 4) is 11.5 Å². The highest BCUT2D eigenvalue weighted by atomic mass is 32.2. The largest absolute Gasteiger partial charge is 0.506 e. The summed E-state index contributed by atoms with van der Waals surface area (Å²) >= 11 is 0. The number of unbranched alkanes of at least 4 members (excludes halogenated alkanes) is 30. The zero-order valence-electron chi connectivity index (χ0n) is 39.7. The molecule has 1 aliphatic rings. The summed E-state index contributed by atoms with van der Waals surface area (Å²) in [5.74, 6) is -3.26. The van der Waals surface area contributed by atoms with Crippen LogP contribution in [0.4, 0.5) is 0 Å². The molecule has 1 aliphatic carbocycles. The van der Waals surface area contributed by atoms with E-state index in [0.29, 0.717) is 25.7 Å². The maximum absolute atomic E-state index is 14.1. The highest BCUT2D eigenvalue weighted by Gasteiger charge is 2.39. The number of aromatic hydroxyl groups is 2. The Morgan fingerprint density at radius 3 is 0.859 bits per heavy atom. The zero-order chi connectivity index (χ0) is 46.2. The van der Waals surface area contributed by atoms with Crippen LogP contribution in [0.1, 0.15) is 251 Å². The van der Waals surface area contributed by atoms with Crippen molar-refractivity contribution in [1.29, 1.82) is 0 Å². The first-order valence-electron chi connectivity index (χ1n) is 25.7. The number of fused-ring (bicyclic) bond motifs is 3. The van der Waals surface area contributed by atoms with Gasteiger partial charge in [-0.2, -0.15) is 0 Å². The smallest absolute Gasteiger partial charge is 0.198 e. The first kappa shape index (κ1) is 53.4. The second kappa shape index (κ2) is 28.7. The highest BCUT2D eigenvalue weighted by Crippen LogP contribution is 2.45. The van der Waals surface area contributed by atoms with E-state index in [1.165, 1.54) is 153 Å². The molecule has 8 nitrogen and oxygen atoms in total. The molecule has 64 heavy (non-hydrogen) atoms. The quantitative estimate of drug-likeness (QED) is 0.0339. The second-order valence-corrected chi connectivity index (χ2v) is 22.9. The van der Waals surface area contributed by atoms with E-state index >= 15 is 0 Å². The molecule has 0 heterocycles. The van der Waals surface area contributed by atoms with E-state index < -0.39 is 63.7 Å². The minimum atomic E-state index is -4.21. The van der Waals surface area contributed by atoms with Gasteiger partial charge in [0.2, 0.25) is 0 Å². The van der Waals surface area contributed by atoms with Gasteiger partial charge in [-0.15, -0.1) is 0 Å². The number of sulfone groups is 2. The van der Waals surface area contributed by atoms with Gasteiger partial charge in [0.1, 0.15) is 11.5 Å². The molecular formula is C54H82O8S2. The molecule has 10 heteroatoms. The monoisotopic (exact) mass is 923 g/mol. The van der Waals surface area contributed by atoms with Crippen LogP contribution in [-0.2, 0) is 19.7 Å². The van der Waals surface area contributed by atoms with Crippen LogP contribution in [0.15, 0.2) is 46.2 Å².